The van der Waals surface area contributed by atoms with Crippen molar-refractivity contribution < 1.29 is 19.3 Å². The summed E-state index contributed by atoms with van der Waals surface area (Å²) in [5.41, 5.74) is 2.24. The number of aromatic nitrogens is 5. The Labute approximate surface area is 219 Å². The van der Waals surface area contributed by atoms with Crippen LogP contribution in [-0.4, -0.2) is 61.8 Å². The number of nitrogens with one attached hydrogen (secondary N) is 1. The Balaban J connectivity index is 1.62. The summed E-state index contributed by atoms with van der Waals surface area (Å²) in [5.74, 6) is 2.84. The standard InChI is InChI=1S/C26H30N6O4S/c1-4-36-22-10-5-7-18(28-22)25-30-24-26(32(25)23-19(34-2)8-6-9-20(23)35-3)29-21(15-27-24)31-37-17-13-11-16(33)12-14-17/h5-10,15-17,33H,4,11-14H2,1-3H3,(H,29,31). The molecule has 1 aromatic carbocycles. The number of hydrogen-bond acceptors (Lipinski definition) is 10. The van der Waals surface area contributed by atoms with E-state index in [1.54, 1.807) is 32.4 Å². The highest BCUT2D eigenvalue weighted by molar-refractivity contribution is 8.01. The van der Waals surface area contributed by atoms with Crippen molar-refractivity contribution in [2.24, 2.45) is 0 Å². The van der Waals surface area contributed by atoms with Gasteiger partial charge in [-0.25, -0.2) is 19.9 Å². The van der Waals surface area contributed by atoms with Gasteiger partial charge in [-0.05, 0) is 62.8 Å². The van der Waals surface area contributed by atoms with Crippen molar-refractivity contribution >= 4 is 29.1 Å². The molecule has 1 aliphatic carbocycles. The van der Waals surface area contributed by atoms with E-state index in [0.29, 0.717) is 63.6 Å². The maximum absolute atomic E-state index is 9.80. The lowest BCUT2D eigenvalue weighted by atomic mass is 9.97. The number of ether oxygens (including phenoxy) is 3. The molecule has 0 atom stereocenters. The monoisotopic (exact) mass is 522 g/mol. The number of aliphatic hydroxyl groups excluding tert-OH is 1. The topological polar surface area (TPSA) is 116 Å². The number of nitrogens with zero attached hydrogens (tertiary/aromatic N) is 5. The van der Waals surface area contributed by atoms with Gasteiger partial charge in [0.2, 0.25) is 5.88 Å². The number of anilines is 1. The van der Waals surface area contributed by atoms with E-state index < -0.39 is 0 Å². The zero-order valence-corrected chi connectivity index (χ0v) is 21.9. The van der Waals surface area contributed by atoms with Crippen LogP contribution in [0.2, 0.25) is 0 Å². The van der Waals surface area contributed by atoms with Gasteiger partial charge in [0, 0.05) is 11.3 Å². The van der Waals surface area contributed by atoms with Gasteiger partial charge in [-0.15, -0.1) is 0 Å². The molecule has 5 rings (SSSR count). The molecule has 0 aliphatic heterocycles. The number of pyridine rings is 1. The third-order valence-corrected chi connectivity index (χ3v) is 7.35. The summed E-state index contributed by atoms with van der Waals surface area (Å²) in [6, 6.07) is 11.1. The van der Waals surface area contributed by atoms with Crippen LogP contribution in [0.1, 0.15) is 32.6 Å². The van der Waals surface area contributed by atoms with Gasteiger partial charge in [-0.1, -0.05) is 12.1 Å². The normalized spacial score (nSPS) is 17.5. The Morgan fingerprint density at radius 1 is 1.00 bits per heavy atom. The van der Waals surface area contributed by atoms with E-state index in [9.17, 15) is 5.11 Å². The number of rotatable bonds is 9. The van der Waals surface area contributed by atoms with Crippen molar-refractivity contribution in [3.8, 4) is 34.6 Å². The average molecular weight is 523 g/mol. The van der Waals surface area contributed by atoms with Crippen LogP contribution in [0.4, 0.5) is 5.82 Å². The zero-order valence-electron chi connectivity index (χ0n) is 21.0. The van der Waals surface area contributed by atoms with E-state index in [4.69, 9.17) is 24.2 Å². The highest BCUT2D eigenvalue weighted by atomic mass is 32.2. The van der Waals surface area contributed by atoms with E-state index in [0.717, 1.165) is 25.7 Å². The molecule has 1 fully saturated rings. The Bertz CT molecular complexity index is 1350. The second-order valence-electron chi connectivity index (χ2n) is 8.63. The van der Waals surface area contributed by atoms with Crippen molar-refractivity contribution in [2.75, 3.05) is 25.5 Å². The predicted octanol–water partition coefficient (Wildman–Crippen LogP) is 4.66. The first-order valence-corrected chi connectivity index (χ1v) is 13.2. The lowest BCUT2D eigenvalue weighted by molar-refractivity contribution is 0.132. The minimum atomic E-state index is -0.188. The minimum absolute atomic E-state index is 0.188. The molecule has 0 saturated heterocycles. The summed E-state index contributed by atoms with van der Waals surface area (Å²) in [4.78, 5) is 19.0. The van der Waals surface area contributed by atoms with Gasteiger partial charge in [0.15, 0.2) is 22.9 Å². The zero-order chi connectivity index (χ0) is 25.8. The first kappa shape index (κ1) is 25.1. The van der Waals surface area contributed by atoms with Crippen molar-refractivity contribution in [2.45, 2.75) is 44.0 Å². The lowest BCUT2D eigenvalue weighted by Crippen LogP contribution is -2.20. The molecule has 1 aliphatic rings. The molecule has 11 heteroatoms. The lowest BCUT2D eigenvalue weighted by Gasteiger charge is -2.24. The molecule has 0 radical (unpaired) electrons. The molecule has 3 aromatic heterocycles. The van der Waals surface area contributed by atoms with E-state index in [-0.39, 0.29) is 6.10 Å². The van der Waals surface area contributed by atoms with E-state index >= 15 is 0 Å². The molecule has 37 heavy (non-hydrogen) atoms. The summed E-state index contributed by atoms with van der Waals surface area (Å²) in [6.45, 7) is 2.42. The molecule has 0 unspecified atom stereocenters. The number of methoxy groups -OCH3 is 2. The number of hydrogen-bond donors (Lipinski definition) is 2. The molecule has 0 spiro atoms. The summed E-state index contributed by atoms with van der Waals surface area (Å²) in [7, 11) is 3.23. The molecule has 10 nitrogen and oxygen atoms in total. The number of fused-ring (bicyclic) bond motifs is 1. The first-order valence-electron chi connectivity index (χ1n) is 12.3. The third-order valence-electron chi connectivity index (χ3n) is 6.22. The molecule has 0 amide bonds. The molecule has 3 heterocycles. The third kappa shape index (κ3) is 5.28. The summed E-state index contributed by atoms with van der Waals surface area (Å²) < 4.78 is 22.3. The van der Waals surface area contributed by atoms with Crippen LogP contribution in [0.15, 0.2) is 42.6 Å². The van der Waals surface area contributed by atoms with Crippen LogP contribution in [0.5, 0.6) is 17.4 Å². The van der Waals surface area contributed by atoms with Gasteiger partial charge >= 0.3 is 0 Å². The molecule has 0 bridgehead atoms. The average Bonchev–Trinajstić information content (AvgIpc) is 3.31. The summed E-state index contributed by atoms with van der Waals surface area (Å²) in [6.07, 6.45) is 5.04. The van der Waals surface area contributed by atoms with Crippen LogP contribution in [0, 0.1) is 0 Å². The van der Waals surface area contributed by atoms with Crippen molar-refractivity contribution in [3.63, 3.8) is 0 Å². The van der Waals surface area contributed by atoms with Crippen molar-refractivity contribution in [3.05, 3.63) is 42.6 Å². The summed E-state index contributed by atoms with van der Waals surface area (Å²) >= 11 is 1.62. The van der Waals surface area contributed by atoms with Crippen LogP contribution >= 0.6 is 11.9 Å². The SMILES string of the molecule is CCOc1cccc(-c2nc3ncc(NSC4CCC(O)CC4)nc3n2-c2c(OC)cccc2OC)n1. The van der Waals surface area contributed by atoms with Gasteiger partial charge in [0.1, 0.15) is 22.9 Å². The fourth-order valence-electron chi connectivity index (χ4n) is 4.41. The van der Waals surface area contributed by atoms with E-state index in [1.165, 1.54) is 0 Å². The number of benzene rings is 1. The van der Waals surface area contributed by atoms with Gasteiger partial charge < -0.3 is 24.0 Å². The molecule has 1 saturated carbocycles. The Hall–Kier alpha value is -3.57. The number of imidazole rings is 1. The number of aliphatic hydroxyl groups is 1. The van der Waals surface area contributed by atoms with Crippen LogP contribution in [-0.2, 0) is 0 Å². The molecule has 194 valence electrons. The fourth-order valence-corrected chi connectivity index (χ4v) is 5.31. The van der Waals surface area contributed by atoms with Crippen molar-refractivity contribution in [1.29, 1.82) is 0 Å². The maximum Gasteiger partial charge on any atom is 0.213 e. The van der Waals surface area contributed by atoms with Gasteiger partial charge in [-0.3, -0.25) is 4.57 Å². The predicted molar refractivity (Wildman–Crippen MR) is 144 cm³/mol. The second kappa shape index (κ2) is 11.2. The fraction of sp³-hybridized carbons (Fsp3) is 0.385. The largest absolute Gasteiger partial charge is 0.494 e. The van der Waals surface area contributed by atoms with Gasteiger partial charge in [0.25, 0.3) is 0 Å². The molecule has 2 N–H and O–H groups in total. The number of para-hydroxylation sites is 1. The summed E-state index contributed by atoms with van der Waals surface area (Å²) in [5, 5.41) is 10.2. The van der Waals surface area contributed by atoms with Crippen LogP contribution in [0.25, 0.3) is 28.5 Å². The second-order valence-corrected chi connectivity index (χ2v) is 9.74. The highest BCUT2D eigenvalue weighted by Crippen LogP contribution is 2.38. The van der Waals surface area contributed by atoms with Crippen LogP contribution < -0.4 is 18.9 Å². The quantitative estimate of drug-likeness (QED) is 0.301. The Kier molecular flexibility index (Phi) is 7.61. The maximum atomic E-state index is 9.80. The molecule has 4 aromatic rings. The van der Waals surface area contributed by atoms with E-state index in [1.807, 2.05) is 47.9 Å². The Morgan fingerprint density at radius 2 is 1.73 bits per heavy atom. The van der Waals surface area contributed by atoms with Crippen LogP contribution in [0.3, 0.4) is 0 Å². The highest BCUT2D eigenvalue weighted by Gasteiger charge is 2.24. The molecular weight excluding hydrogens is 492 g/mol. The van der Waals surface area contributed by atoms with E-state index in [2.05, 4.69) is 14.7 Å². The Morgan fingerprint density at radius 3 is 2.43 bits per heavy atom. The smallest absolute Gasteiger partial charge is 0.213 e. The first-order chi connectivity index (χ1) is 18.1. The van der Waals surface area contributed by atoms with Crippen molar-refractivity contribution in [1.82, 2.24) is 24.5 Å². The van der Waals surface area contributed by atoms with Gasteiger partial charge in [0.05, 0.1) is 33.1 Å². The molecular formula is C26H30N6O4S. The van der Waals surface area contributed by atoms with Gasteiger partial charge in [-0.2, -0.15) is 0 Å². The minimum Gasteiger partial charge on any atom is -0.494 e.